The summed E-state index contributed by atoms with van der Waals surface area (Å²) in [5, 5.41) is 3.35. The Morgan fingerprint density at radius 1 is 1.43 bits per heavy atom. The summed E-state index contributed by atoms with van der Waals surface area (Å²) >= 11 is 0. The molecule has 2 rings (SSSR count). The van der Waals surface area contributed by atoms with Gasteiger partial charge < -0.3 is 5.32 Å². The largest absolute Gasteiger partial charge is 0.385 e. The number of hydrogen-bond acceptors (Lipinski definition) is 1. The van der Waals surface area contributed by atoms with Crippen molar-refractivity contribution in [1.29, 1.82) is 0 Å². The average Bonchev–Trinajstić information content (AvgIpc) is 2.08. The van der Waals surface area contributed by atoms with Crippen LogP contribution in [0.5, 0.6) is 0 Å². The monoisotopic (exact) mass is 193 g/mol. The summed E-state index contributed by atoms with van der Waals surface area (Å²) in [4.78, 5) is 0. The van der Waals surface area contributed by atoms with Crippen molar-refractivity contribution in [3.05, 3.63) is 29.6 Å². The molecular weight excluding hydrogens is 177 g/mol. The number of hydrogen-bond donors (Lipinski definition) is 1. The van der Waals surface area contributed by atoms with Crippen molar-refractivity contribution in [2.45, 2.75) is 26.2 Å². The summed E-state index contributed by atoms with van der Waals surface area (Å²) in [5.74, 6) is 0.708. The van der Waals surface area contributed by atoms with Gasteiger partial charge in [0.25, 0.3) is 0 Å². The van der Waals surface area contributed by atoms with E-state index in [0.717, 1.165) is 18.2 Å². The molecule has 1 aliphatic rings. The van der Waals surface area contributed by atoms with Crippen LogP contribution >= 0.6 is 0 Å². The van der Waals surface area contributed by atoms with E-state index < -0.39 is 0 Å². The minimum atomic E-state index is -0.126. The Morgan fingerprint density at radius 2 is 2.21 bits per heavy atom. The van der Waals surface area contributed by atoms with Crippen molar-refractivity contribution < 1.29 is 4.39 Å². The summed E-state index contributed by atoms with van der Waals surface area (Å²) in [6.45, 7) is 2.83. The smallest absolute Gasteiger partial charge is 0.126 e. The predicted molar refractivity (Wildman–Crippen MR) is 57.0 cm³/mol. The van der Waals surface area contributed by atoms with Gasteiger partial charge in [0.2, 0.25) is 0 Å². The Hall–Kier alpha value is -1.05. The van der Waals surface area contributed by atoms with Crippen LogP contribution < -0.4 is 5.32 Å². The highest BCUT2D eigenvalue weighted by atomic mass is 19.1. The van der Waals surface area contributed by atoms with Gasteiger partial charge in [-0.2, -0.15) is 0 Å². The maximum absolute atomic E-state index is 12.9. The molecule has 2 heteroatoms. The lowest BCUT2D eigenvalue weighted by molar-refractivity contribution is 0.333. The highest BCUT2D eigenvalue weighted by Crippen LogP contribution is 2.26. The minimum absolute atomic E-state index is 0.126. The molecule has 76 valence electrons. The quantitative estimate of drug-likeness (QED) is 0.776. The van der Waals surface area contributed by atoms with Gasteiger partial charge in [0, 0.05) is 12.2 Å². The molecule has 1 aliphatic carbocycles. The summed E-state index contributed by atoms with van der Waals surface area (Å²) in [5.41, 5.74) is 1.75. The van der Waals surface area contributed by atoms with Gasteiger partial charge in [0.15, 0.2) is 0 Å². The number of rotatable bonds is 3. The van der Waals surface area contributed by atoms with E-state index in [1.807, 2.05) is 6.07 Å². The fourth-order valence-electron chi connectivity index (χ4n) is 1.71. The van der Waals surface area contributed by atoms with Gasteiger partial charge in [-0.1, -0.05) is 6.42 Å². The molecule has 0 heterocycles. The number of aryl methyl sites for hydroxylation is 1. The molecule has 1 fully saturated rings. The third kappa shape index (κ3) is 2.06. The zero-order valence-electron chi connectivity index (χ0n) is 8.52. The second-order valence-corrected chi connectivity index (χ2v) is 4.14. The highest BCUT2D eigenvalue weighted by Gasteiger charge is 2.16. The van der Waals surface area contributed by atoms with Crippen molar-refractivity contribution in [3.8, 4) is 0 Å². The first-order valence-corrected chi connectivity index (χ1v) is 5.26. The summed E-state index contributed by atoms with van der Waals surface area (Å²) in [6, 6.07) is 5.20. The molecule has 0 radical (unpaired) electrons. The van der Waals surface area contributed by atoms with Crippen LogP contribution in [0.15, 0.2) is 18.2 Å². The van der Waals surface area contributed by atoms with Crippen LogP contribution in [0.25, 0.3) is 0 Å². The van der Waals surface area contributed by atoms with Crippen molar-refractivity contribution in [2.75, 3.05) is 11.9 Å². The zero-order chi connectivity index (χ0) is 9.97. The molecule has 0 unspecified atom stereocenters. The zero-order valence-corrected chi connectivity index (χ0v) is 8.52. The Kier molecular flexibility index (Phi) is 2.71. The number of halogens is 1. The minimum Gasteiger partial charge on any atom is -0.385 e. The van der Waals surface area contributed by atoms with Crippen LogP contribution in [-0.4, -0.2) is 6.54 Å². The molecular formula is C12H16FN. The van der Waals surface area contributed by atoms with Gasteiger partial charge in [0.1, 0.15) is 5.82 Å². The summed E-state index contributed by atoms with van der Waals surface area (Å²) < 4.78 is 12.9. The SMILES string of the molecule is Cc1cc(NCC2CCC2)ccc1F. The molecule has 0 aromatic heterocycles. The van der Waals surface area contributed by atoms with Gasteiger partial charge in [-0.05, 0) is 49.4 Å². The fourth-order valence-corrected chi connectivity index (χ4v) is 1.71. The van der Waals surface area contributed by atoms with E-state index in [0.29, 0.717) is 5.56 Å². The molecule has 0 saturated heterocycles. The second kappa shape index (κ2) is 3.99. The van der Waals surface area contributed by atoms with Gasteiger partial charge >= 0.3 is 0 Å². The molecule has 1 nitrogen and oxygen atoms in total. The van der Waals surface area contributed by atoms with E-state index in [-0.39, 0.29) is 5.82 Å². The number of benzene rings is 1. The molecule has 1 saturated carbocycles. The molecule has 0 bridgehead atoms. The predicted octanol–water partition coefficient (Wildman–Crippen LogP) is 3.35. The molecule has 0 amide bonds. The van der Waals surface area contributed by atoms with Gasteiger partial charge in [-0.3, -0.25) is 0 Å². The lowest BCUT2D eigenvalue weighted by Crippen LogP contribution is -2.20. The van der Waals surface area contributed by atoms with Crippen molar-refractivity contribution in [3.63, 3.8) is 0 Å². The van der Waals surface area contributed by atoms with E-state index >= 15 is 0 Å². The first-order chi connectivity index (χ1) is 6.75. The van der Waals surface area contributed by atoms with Crippen LogP contribution in [0.1, 0.15) is 24.8 Å². The molecule has 0 aliphatic heterocycles. The van der Waals surface area contributed by atoms with E-state index in [1.54, 1.807) is 13.0 Å². The van der Waals surface area contributed by atoms with E-state index in [2.05, 4.69) is 5.32 Å². The van der Waals surface area contributed by atoms with Gasteiger partial charge in [-0.15, -0.1) is 0 Å². The first-order valence-electron chi connectivity index (χ1n) is 5.26. The maximum Gasteiger partial charge on any atom is 0.126 e. The van der Waals surface area contributed by atoms with Crippen molar-refractivity contribution >= 4 is 5.69 Å². The average molecular weight is 193 g/mol. The van der Waals surface area contributed by atoms with Crippen LogP contribution in [0.2, 0.25) is 0 Å². The van der Waals surface area contributed by atoms with Crippen molar-refractivity contribution in [1.82, 2.24) is 0 Å². The van der Waals surface area contributed by atoms with E-state index in [4.69, 9.17) is 0 Å². The van der Waals surface area contributed by atoms with Crippen LogP contribution in [0.3, 0.4) is 0 Å². The lowest BCUT2D eigenvalue weighted by Gasteiger charge is -2.25. The fraction of sp³-hybridized carbons (Fsp3) is 0.500. The van der Waals surface area contributed by atoms with Gasteiger partial charge in [-0.25, -0.2) is 4.39 Å². The summed E-state index contributed by atoms with van der Waals surface area (Å²) in [7, 11) is 0. The third-order valence-corrected chi connectivity index (χ3v) is 2.98. The van der Waals surface area contributed by atoms with E-state index in [1.165, 1.54) is 25.3 Å². The lowest BCUT2D eigenvalue weighted by atomic mass is 9.85. The van der Waals surface area contributed by atoms with Crippen LogP contribution in [0, 0.1) is 18.7 Å². The molecule has 0 spiro atoms. The van der Waals surface area contributed by atoms with Crippen LogP contribution in [-0.2, 0) is 0 Å². The normalized spacial score (nSPS) is 16.4. The van der Waals surface area contributed by atoms with Crippen LogP contribution in [0.4, 0.5) is 10.1 Å². The molecule has 1 N–H and O–H groups in total. The Labute approximate surface area is 84.3 Å². The number of nitrogens with one attached hydrogen (secondary N) is 1. The molecule has 1 aromatic carbocycles. The highest BCUT2D eigenvalue weighted by molar-refractivity contribution is 5.45. The molecule has 0 atom stereocenters. The third-order valence-electron chi connectivity index (χ3n) is 2.98. The number of anilines is 1. The van der Waals surface area contributed by atoms with Crippen molar-refractivity contribution in [2.24, 2.45) is 5.92 Å². The molecule has 1 aromatic rings. The van der Waals surface area contributed by atoms with Gasteiger partial charge in [0.05, 0.1) is 0 Å². The topological polar surface area (TPSA) is 12.0 Å². The standard InChI is InChI=1S/C12H16FN/c1-9-7-11(5-6-12(9)13)14-8-10-3-2-4-10/h5-7,10,14H,2-4,8H2,1H3. The first kappa shape index (κ1) is 9.50. The molecule has 14 heavy (non-hydrogen) atoms. The maximum atomic E-state index is 12.9. The Morgan fingerprint density at radius 3 is 2.79 bits per heavy atom. The summed E-state index contributed by atoms with van der Waals surface area (Å²) in [6.07, 6.45) is 4.05. The van der Waals surface area contributed by atoms with E-state index in [9.17, 15) is 4.39 Å². The Bertz CT molecular complexity index is 318. The second-order valence-electron chi connectivity index (χ2n) is 4.14. The Balaban J connectivity index is 1.91.